The van der Waals surface area contributed by atoms with Gasteiger partial charge in [-0.1, -0.05) is 0 Å². The van der Waals surface area contributed by atoms with Crippen molar-refractivity contribution in [3.8, 4) is 0 Å². The molecule has 0 aromatic rings. The van der Waals surface area contributed by atoms with Crippen molar-refractivity contribution in [1.29, 1.82) is 0 Å². The summed E-state index contributed by atoms with van der Waals surface area (Å²) in [4.78, 5) is 0. The first kappa shape index (κ1) is 9.94. The Morgan fingerprint density at radius 2 is 1.44 bits per heavy atom. The summed E-state index contributed by atoms with van der Waals surface area (Å²) in [5.74, 6) is 4.47. The maximum absolute atomic E-state index is 3.42. The first-order valence-electron chi connectivity index (χ1n) is 7.52. The van der Waals surface area contributed by atoms with Crippen LogP contribution in [0, 0.1) is 29.1 Å². The molecule has 0 atom stereocenters. The lowest BCUT2D eigenvalue weighted by atomic mass is 9.48. The summed E-state index contributed by atoms with van der Waals surface area (Å²) < 4.78 is 0. The molecule has 5 fully saturated rings. The van der Waals surface area contributed by atoms with Crippen LogP contribution in [0.5, 0.6) is 0 Å². The topological polar surface area (TPSA) is 12.0 Å². The molecule has 0 amide bonds. The van der Waals surface area contributed by atoms with Crippen LogP contribution in [-0.4, -0.2) is 13.1 Å². The normalized spacial score (nSPS) is 50.6. The maximum Gasteiger partial charge on any atom is -0.000825 e. The Morgan fingerprint density at radius 3 is 1.88 bits per heavy atom. The van der Waals surface area contributed by atoms with Crippen LogP contribution < -0.4 is 5.32 Å². The quantitative estimate of drug-likeness (QED) is 0.768. The van der Waals surface area contributed by atoms with Gasteiger partial charge in [-0.15, -0.1) is 0 Å². The van der Waals surface area contributed by atoms with Crippen LogP contribution in [0.2, 0.25) is 0 Å². The van der Waals surface area contributed by atoms with E-state index in [4.69, 9.17) is 0 Å². The van der Waals surface area contributed by atoms with Crippen LogP contribution in [0.1, 0.15) is 51.4 Å². The highest BCUT2D eigenvalue weighted by molar-refractivity contribution is 5.01. The second-order valence-electron chi connectivity index (χ2n) is 7.48. The monoisotopic (exact) mass is 219 g/mol. The maximum atomic E-state index is 3.42. The molecular formula is C15H25N. The largest absolute Gasteiger partial charge is 0.316 e. The molecule has 1 N–H and O–H groups in total. The van der Waals surface area contributed by atoms with Crippen LogP contribution in [0.3, 0.4) is 0 Å². The van der Waals surface area contributed by atoms with Gasteiger partial charge in [0.25, 0.3) is 0 Å². The van der Waals surface area contributed by atoms with Crippen molar-refractivity contribution >= 4 is 0 Å². The lowest BCUT2D eigenvalue weighted by Crippen LogP contribution is -2.47. The van der Waals surface area contributed by atoms with E-state index in [1.807, 2.05) is 0 Å². The minimum atomic E-state index is 0.838. The molecule has 90 valence electrons. The summed E-state index contributed by atoms with van der Waals surface area (Å²) in [6.45, 7) is 2.62. The third-order valence-corrected chi connectivity index (χ3v) is 6.11. The van der Waals surface area contributed by atoms with E-state index in [9.17, 15) is 0 Å². The van der Waals surface area contributed by atoms with Gasteiger partial charge in [0.15, 0.2) is 0 Å². The highest BCUT2D eigenvalue weighted by Crippen LogP contribution is 2.61. The zero-order valence-corrected chi connectivity index (χ0v) is 10.4. The summed E-state index contributed by atoms with van der Waals surface area (Å²) in [5.41, 5.74) is 0.838. The van der Waals surface area contributed by atoms with E-state index in [1.165, 1.54) is 19.5 Å². The van der Waals surface area contributed by atoms with Crippen LogP contribution in [0.4, 0.5) is 0 Å². The van der Waals surface area contributed by atoms with E-state index in [-0.39, 0.29) is 0 Å². The van der Waals surface area contributed by atoms with Crippen molar-refractivity contribution < 1.29 is 0 Å². The van der Waals surface area contributed by atoms with E-state index in [0.29, 0.717) is 0 Å². The average molecular weight is 219 g/mol. The Labute approximate surface area is 99.4 Å². The molecule has 1 nitrogen and oxygen atoms in total. The van der Waals surface area contributed by atoms with Crippen LogP contribution >= 0.6 is 0 Å². The zero-order valence-electron chi connectivity index (χ0n) is 10.4. The zero-order chi connectivity index (χ0) is 10.6. The first-order chi connectivity index (χ1) is 7.81. The average Bonchev–Trinajstić information content (AvgIpc) is 2.12. The molecule has 1 heteroatoms. The van der Waals surface area contributed by atoms with Crippen molar-refractivity contribution in [1.82, 2.24) is 5.32 Å². The Balaban J connectivity index is 1.44. The number of rotatable bonds is 3. The summed E-state index contributed by atoms with van der Waals surface area (Å²) in [7, 11) is 0. The summed E-state index contributed by atoms with van der Waals surface area (Å²) >= 11 is 0. The van der Waals surface area contributed by atoms with Crippen LogP contribution in [-0.2, 0) is 0 Å². The van der Waals surface area contributed by atoms with Gasteiger partial charge in [0.2, 0.25) is 0 Å². The van der Waals surface area contributed by atoms with E-state index in [2.05, 4.69) is 5.32 Å². The van der Waals surface area contributed by atoms with E-state index in [0.717, 1.165) is 29.1 Å². The van der Waals surface area contributed by atoms with Gasteiger partial charge in [-0.05, 0) is 93.5 Å². The van der Waals surface area contributed by atoms with Crippen LogP contribution in [0.15, 0.2) is 0 Å². The molecule has 4 aliphatic carbocycles. The molecule has 5 aliphatic rings. The molecule has 0 spiro atoms. The highest BCUT2D eigenvalue weighted by atomic mass is 14.9. The highest BCUT2D eigenvalue weighted by Gasteiger charge is 2.50. The van der Waals surface area contributed by atoms with Crippen molar-refractivity contribution in [3.05, 3.63) is 0 Å². The summed E-state index contributed by atoms with van der Waals surface area (Å²) in [5, 5.41) is 3.42. The second kappa shape index (κ2) is 3.48. The molecule has 0 aromatic carbocycles. The van der Waals surface area contributed by atoms with E-state index in [1.54, 1.807) is 44.9 Å². The second-order valence-corrected chi connectivity index (χ2v) is 7.48. The Hall–Kier alpha value is -0.0400. The molecule has 0 radical (unpaired) electrons. The smallest absolute Gasteiger partial charge is 0.000825 e. The summed E-state index contributed by atoms with van der Waals surface area (Å²) in [6.07, 6.45) is 12.7. The Bertz CT molecular complexity index is 244. The Morgan fingerprint density at radius 1 is 0.875 bits per heavy atom. The fraction of sp³-hybridized carbons (Fsp3) is 1.00. The van der Waals surface area contributed by atoms with Gasteiger partial charge < -0.3 is 5.32 Å². The van der Waals surface area contributed by atoms with Crippen molar-refractivity contribution in [2.45, 2.75) is 51.4 Å². The molecule has 1 aliphatic heterocycles. The molecular weight excluding hydrogens is 194 g/mol. The van der Waals surface area contributed by atoms with Gasteiger partial charge >= 0.3 is 0 Å². The predicted molar refractivity (Wildman–Crippen MR) is 66.2 cm³/mol. The number of hydrogen-bond acceptors (Lipinski definition) is 1. The van der Waals surface area contributed by atoms with Crippen molar-refractivity contribution in [3.63, 3.8) is 0 Å². The molecule has 0 aromatic heterocycles. The molecule has 4 saturated carbocycles. The number of hydrogen-bond donors (Lipinski definition) is 1. The lowest BCUT2D eigenvalue weighted by Gasteiger charge is -2.57. The minimum Gasteiger partial charge on any atom is -0.316 e. The molecule has 1 heterocycles. The van der Waals surface area contributed by atoms with Gasteiger partial charge in [0, 0.05) is 0 Å². The fourth-order valence-corrected chi connectivity index (χ4v) is 5.66. The van der Waals surface area contributed by atoms with E-state index < -0.39 is 0 Å². The van der Waals surface area contributed by atoms with Crippen molar-refractivity contribution in [2.75, 3.05) is 13.1 Å². The van der Waals surface area contributed by atoms with Crippen molar-refractivity contribution in [2.24, 2.45) is 29.1 Å². The first-order valence-corrected chi connectivity index (χ1v) is 7.52. The van der Waals surface area contributed by atoms with Gasteiger partial charge in [-0.2, -0.15) is 0 Å². The Kier molecular flexibility index (Phi) is 2.16. The van der Waals surface area contributed by atoms with Gasteiger partial charge in [-0.25, -0.2) is 0 Å². The SMILES string of the molecule is C(CC12CC3CC(CC(C3)C1)C2)C1CNC1. The summed E-state index contributed by atoms with van der Waals surface area (Å²) in [6, 6.07) is 0. The third-order valence-electron chi connectivity index (χ3n) is 6.11. The van der Waals surface area contributed by atoms with Gasteiger partial charge in [0.05, 0.1) is 0 Å². The van der Waals surface area contributed by atoms with Gasteiger partial charge in [-0.3, -0.25) is 0 Å². The van der Waals surface area contributed by atoms with Crippen LogP contribution in [0.25, 0.3) is 0 Å². The number of nitrogens with one attached hydrogen (secondary N) is 1. The molecule has 4 bridgehead atoms. The minimum absolute atomic E-state index is 0.838. The fourth-order valence-electron chi connectivity index (χ4n) is 5.66. The lowest BCUT2D eigenvalue weighted by molar-refractivity contribution is -0.0608. The third kappa shape index (κ3) is 1.54. The molecule has 0 unspecified atom stereocenters. The molecule has 1 saturated heterocycles. The molecule has 16 heavy (non-hydrogen) atoms. The molecule has 5 rings (SSSR count). The van der Waals surface area contributed by atoms with Gasteiger partial charge in [0.1, 0.15) is 0 Å². The van der Waals surface area contributed by atoms with E-state index >= 15 is 0 Å². The predicted octanol–water partition coefficient (Wildman–Crippen LogP) is 3.20. The standard InChI is InChI=1S/C15H25N/c1(11-9-16-10-11)2-15-6-12-3-13(7-15)5-14(4-12)8-15/h11-14,16H,1-10H2.